The molecule has 2 nitrogen and oxygen atoms in total. The van der Waals surface area contributed by atoms with E-state index in [2.05, 4.69) is 45.7 Å². The summed E-state index contributed by atoms with van der Waals surface area (Å²) in [5.74, 6) is 2.98. The van der Waals surface area contributed by atoms with E-state index in [1.807, 2.05) is 0 Å². The summed E-state index contributed by atoms with van der Waals surface area (Å²) in [6.45, 7) is 4.71. The Kier molecular flexibility index (Phi) is 4.22. The number of aliphatic hydroxyl groups is 2. The molecule has 0 radical (unpaired) electrons. The molecular weight excluding hydrogens is 396 g/mol. The summed E-state index contributed by atoms with van der Waals surface area (Å²) in [6, 6.07) is 0. The van der Waals surface area contributed by atoms with Crippen molar-refractivity contribution < 1.29 is 9.47 Å². The lowest BCUT2D eigenvalue weighted by Crippen LogP contribution is -2.42. The standard InChI is InChI=1S/C17H26Br2O2/c1-8-3-4-14-15(17-11(8)5-9(2)20-17)12-6-10(18)7-13(19)16(12)21-14/h8-17H,3-7H2,1-2H3/p+1. The Hall–Kier alpha value is 0.880. The molecule has 0 aromatic carbocycles. The van der Waals surface area contributed by atoms with Crippen molar-refractivity contribution in [3.63, 3.8) is 0 Å². The molecule has 2 aliphatic heterocycles. The fourth-order valence-corrected chi connectivity index (χ4v) is 7.95. The minimum atomic E-state index is 0.448. The predicted molar refractivity (Wildman–Crippen MR) is 92.3 cm³/mol. The minimum absolute atomic E-state index is 0.448. The molecule has 21 heavy (non-hydrogen) atoms. The van der Waals surface area contributed by atoms with Crippen molar-refractivity contribution in [3.05, 3.63) is 0 Å². The maximum Gasteiger partial charge on any atom is 0.171 e. The van der Waals surface area contributed by atoms with Gasteiger partial charge in [-0.1, -0.05) is 38.8 Å². The molecule has 120 valence electrons. The molecule has 0 aromatic heterocycles. The summed E-state index contributed by atoms with van der Waals surface area (Å²) in [6.07, 6.45) is 8.40. The molecule has 10 unspecified atom stereocenters. The van der Waals surface area contributed by atoms with Gasteiger partial charge in [0.15, 0.2) is 12.2 Å². The summed E-state index contributed by atoms with van der Waals surface area (Å²) in [5, 5.41) is 0. The molecule has 0 amide bonds. The highest BCUT2D eigenvalue weighted by molar-refractivity contribution is 9.10. The first kappa shape index (κ1) is 15.4. The van der Waals surface area contributed by atoms with Crippen molar-refractivity contribution in [3.8, 4) is 0 Å². The first-order valence-electron chi connectivity index (χ1n) is 8.68. The third-order valence-electron chi connectivity index (χ3n) is 6.56. The van der Waals surface area contributed by atoms with Gasteiger partial charge in [-0.2, -0.15) is 0 Å². The van der Waals surface area contributed by atoms with E-state index in [9.17, 15) is 0 Å². The summed E-state index contributed by atoms with van der Waals surface area (Å²) in [7, 11) is 0. The third kappa shape index (κ3) is 2.56. The Bertz CT molecular complexity index is 404. The molecule has 10 atom stereocenters. The van der Waals surface area contributed by atoms with E-state index < -0.39 is 0 Å². The van der Waals surface area contributed by atoms with Gasteiger partial charge in [-0.05, 0) is 44.4 Å². The number of hydrogen-bond acceptors (Lipinski definition) is 1. The molecule has 1 N–H and O–H groups in total. The molecule has 0 spiro atoms. The Labute approximate surface area is 145 Å². The van der Waals surface area contributed by atoms with Crippen LogP contribution in [0.5, 0.6) is 0 Å². The molecule has 4 heteroatoms. The summed E-state index contributed by atoms with van der Waals surface area (Å²) < 4.78 is 11.7. The summed E-state index contributed by atoms with van der Waals surface area (Å²) >= 11 is 7.81. The van der Waals surface area contributed by atoms with Crippen LogP contribution in [-0.4, -0.2) is 38.8 Å². The van der Waals surface area contributed by atoms with Gasteiger partial charge in [0.1, 0.15) is 0 Å². The van der Waals surface area contributed by atoms with E-state index in [4.69, 9.17) is 9.47 Å². The Morgan fingerprint density at radius 3 is 2.62 bits per heavy atom. The van der Waals surface area contributed by atoms with E-state index in [1.165, 1.54) is 32.1 Å². The molecule has 4 fully saturated rings. The van der Waals surface area contributed by atoms with Crippen LogP contribution in [0.4, 0.5) is 0 Å². The average molecular weight is 423 g/mol. The fraction of sp³-hybridized carbons (Fsp3) is 1.00. The second-order valence-corrected chi connectivity index (χ2v) is 10.4. The first-order valence-corrected chi connectivity index (χ1v) is 10.5. The van der Waals surface area contributed by atoms with Crippen LogP contribution in [0.25, 0.3) is 0 Å². The highest BCUT2D eigenvalue weighted by Gasteiger charge is 2.61. The van der Waals surface area contributed by atoms with Crippen molar-refractivity contribution in [2.75, 3.05) is 0 Å². The first-order chi connectivity index (χ1) is 10.0. The molecule has 4 aliphatic rings. The van der Waals surface area contributed by atoms with Crippen molar-refractivity contribution in [2.24, 2.45) is 23.7 Å². The number of hydrogen-bond donors (Lipinski definition) is 0. The quantitative estimate of drug-likeness (QED) is 0.426. The second-order valence-electron chi connectivity index (χ2n) is 7.90. The molecule has 2 heterocycles. The van der Waals surface area contributed by atoms with Crippen LogP contribution in [0, 0.1) is 23.7 Å². The molecular formula is C17H27Br2O2+. The Morgan fingerprint density at radius 1 is 1.00 bits per heavy atom. The summed E-state index contributed by atoms with van der Waals surface area (Å²) in [4.78, 5) is 1.21. The zero-order valence-corrected chi connectivity index (χ0v) is 16.1. The van der Waals surface area contributed by atoms with Crippen LogP contribution >= 0.6 is 31.9 Å². The van der Waals surface area contributed by atoms with Gasteiger partial charge < -0.3 is 9.47 Å². The van der Waals surface area contributed by atoms with E-state index in [1.54, 1.807) is 0 Å². The van der Waals surface area contributed by atoms with Gasteiger partial charge in [0.2, 0.25) is 0 Å². The lowest BCUT2D eigenvalue weighted by atomic mass is 9.73. The number of fused-ring (bicyclic) bond motifs is 5. The Morgan fingerprint density at radius 2 is 1.81 bits per heavy atom. The monoisotopic (exact) mass is 421 g/mol. The van der Waals surface area contributed by atoms with Crippen molar-refractivity contribution in [1.82, 2.24) is 0 Å². The SMILES string of the molecule is CC1CC2C(C)CCC3[OH+]C4C(Br)CC(Br)CC4C3C2O1. The maximum atomic E-state index is 6.46. The Balaban J connectivity index is 1.64. The van der Waals surface area contributed by atoms with E-state index >= 15 is 0 Å². The minimum Gasteiger partial charge on any atom is -0.428 e. The normalized spacial score (nSPS) is 60.0. The number of alkyl halides is 2. The van der Waals surface area contributed by atoms with E-state index in [-0.39, 0.29) is 0 Å². The zero-order chi connectivity index (χ0) is 14.7. The predicted octanol–water partition coefficient (Wildman–Crippen LogP) is 4.04. The van der Waals surface area contributed by atoms with Crippen molar-refractivity contribution in [1.29, 1.82) is 0 Å². The molecule has 4 rings (SSSR count). The van der Waals surface area contributed by atoms with Gasteiger partial charge in [-0.3, -0.25) is 0 Å². The second kappa shape index (κ2) is 5.75. The van der Waals surface area contributed by atoms with Crippen LogP contribution < -0.4 is 0 Å². The van der Waals surface area contributed by atoms with Crippen LogP contribution in [0.3, 0.4) is 0 Å². The van der Waals surface area contributed by atoms with Gasteiger partial charge in [0, 0.05) is 17.2 Å². The molecule has 2 aliphatic carbocycles. The largest absolute Gasteiger partial charge is 0.428 e. The summed E-state index contributed by atoms with van der Waals surface area (Å²) in [5.41, 5.74) is 0. The van der Waals surface area contributed by atoms with Crippen LogP contribution in [0.2, 0.25) is 0 Å². The van der Waals surface area contributed by atoms with Crippen LogP contribution in [0.1, 0.15) is 46.0 Å². The molecule has 2 saturated heterocycles. The van der Waals surface area contributed by atoms with E-state index in [0.717, 1.165) is 17.8 Å². The molecule has 0 aromatic rings. The average Bonchev–Trinajstić information content (AvgIpc) is 2.93. The molecule has 2 saturated carbocycles. The highest BCUT2D eigenvalue weighted by Crippen LogP contribution is 2.53. The lowest BCUT2D eigenvalue weighted by molar-refractivity contribution is -0.138. The molecule has 0 bridgehead atoms. The number of rotatable bonds is 0. The number of halogens is 2. The third-order valence-corrected chi connectivity index (χ3v) is 8.23. The van der Waals surface area contributed by atoms with Gasteiger partial charge >= 0.3 is 0 Å². The fourth-order valence-electron chi connectivity index (χ4n) is 5.63. The van der Waals surface area contributed by atoms with Crippen LogP contribution in [-0.2, 0) is 4.74 Å². The van der Waals surface area contributed by atoms with Gasteiger partial charge in [0.25, 0.3) is 0 Å². The topological polar surface area (TPSA) is 22.0 Å². The van der Waals surface area contributed by atoms with Crippen LogP contribution in [0.15, 0.2) is 0 Å². The smallest absolute Gasteiger partial charge is 0.171 e. The highest BCUT2D eigenvalue weighted by atomic mass is 79.9. The van der Waals surface area contributed by atoms with Gasteiger partial charge in [-0.15, -0.1) is 0 Å². The zero-order valence-electron chi connectivity index (χ0n) is 12.9. The van der Waals surface area contributed by atoms with Crippen molar-refractivity contribution in [2.45, 2.75) is 80.0 Å². The lowest BCUT2D eigenvalue weighted by Gasteiger charge is -2.34. The van der Waals surface area contributed by atoms with Gasteiger partial charge in [0.05, 0.1) is 23.0 Å². The van der Waals surface area contributed by atoms with E-state index in [0.29, 0.717) is 40.0 Å². The van der Waals surface area contributed by atoms with Gasteiger partial charge in [-0.25, -0.2) is 0 Å². The number of ether oxygens (including phenoxy) is 2. The van der Waals surface area contributed by atoms with Crippen molar-refractivity contribution >= 4 is 31.9 Å². The maximum absolute atomic E-state index is 6.46.